The number of hydrogen-bond acceptors (Lipinski definition) is 5. The van der Waals surface area contributed by atoms with Crippen molar-refractivity contribution in [3.05, 3.63) is 60.3 Å². The molecule has 0 spiro atoms. The molecule has 0 bridgehead atoms. The van der Waals surface area contributed by atoms with Crippen molar-refractivity contribution in [3.8, 4) is 5.75 Å². The molecule has 0 radical (unpaired) electrons. The van der Waals surface area contributed by atoms with Gasteiger partial charge in [-0.1, -0.05) is 30.3 Å². The smallest absolute Gasteiger partial charge is 0.311 e. The van der Waals surface area contributed by atoms with E-state index in [0.29, 0.717) is 5.69 Å². The van der Waals surface area contributed by atoms with Crippen molar-refractivity contribution in [2.75, 3.05) is 19.5 Å². The molecular formula is C19H18N2O3. The number of esters is 1. The highest BCUT2D eigenvalue weighted by Crippen LogP contribution is 2.31. The summed E-state index contributed by atoms with van der Waals surface area (Å²) in [7, 11) is 3.01. The Morgan fingerprint density at radius 3 is 2.58 bits per heavy atom. The zero-order valence-corrected chi connectivity index (χ0v) is 13.6. The van der Waals surface area contributed by atoms with E-state index in [1.165, 1.54) is 7.11 Å². The lowest BCUT2D eigenvalue weighted by molar-refractivity contribution is -0.139. The van der Waals surface area contributed by atoms with Gasteiger partial charge in [-0.2, -0.15) is 0 Å². The number of nitrogens with zero attached hydrogens (tertiary/aromatic N) is 1. The number of hydrogen-bond donors (Lipinski definition) is 1. The number of benzene rings is 2. The molecule has 3 aromatic rings. The predicted octanol–water partition coefficient (Wildman–Crippen LogP) is 3.70. The monoisotopic (exact) mass is 322 g/mol. The number of para-hydroxylation sites is 3. The van der Waals surface area contributed by atoms with Crippen molar-refractivity contribution in [1.29, 1.82) is 0 Å². The fourth-order valence-corrected chi connectivity index (χ4v) is 2.54. The number of anilines is 2. The van der Waals surface area contributed by atoms with Gasteiger partial charge in [0.1, 0.15) is 5.75 Å². The van der Waals surface area contributed by atoms with Gasteiger partial charge >= 0.3 is 5.97 Å². The predicted molar refractivity (Wildman–Crippen MR) is 93.7 cm³/mol. The third kappa shape index (κ3) is 3.30. The molecule has 0 amide bonds. The van der Waals surface area contributed by atoms with Crippen molar-refractivity contribution in [3.63, 3.8) is 0 Å². The zero-order chi connectivity index (χ0) is 16.9. The van der Waals surface area contributed by atoms with Crippen molar-refractivity contribution < 1.29 is 14.3 Å². The molecule has 1 aromatic heterocycles. The lowest BCUT2D eigenvalue weighted by atomic mass is 10.1. The zero-order valence-electron chi connectivity index (χ0n) is 13.6. The molecule has 1 heterocycles. The first-order valence-corrected chi connectivity index (χ1v) is 7.57. The fourth-order valence-electron chi connectivity index (χ4n) is 2.54. The highest BCUT2D eigenvalue weighted by atomic mass is 16.5. The Bertz CT molecular complexity index is 877. The lowest BCUT2D eigenvalue weighted by Crippen LogP contribution is -2.07. The maximum atomic E-state index is 11.6. The highest BCUT2D eigenvalue weighted by molar-refractivity contribution is 5.94. The summed E-state index contributed by atoms with van der Waals surface area (Å²) in [5, 5.41) is 4.35. The maximum Gasteiger partial charge on any atom is 0.311 e. The van der Waals surface area contributed by atoms with Crippen LogP contribution in [0, 0.1) is 0 Å². The quantitative estimate of drug-likeness (QED) is 0.726. The lowest BCUT2D eigenvalue weighted by Gasteiger charge is -2.14. The normalized spacial score (nSPS) is 10.4. The van der Waals surface area contributed by atoms with Crippen molar-refractivity contribution in [2.24, 2.45) is 0 Å². The number of carbonyl (C=O) groups excluding carboxylic acids is 1. The van der Waals surface area contributed by atoms with E-state index in [1.807, 2.05) is 54.6 Å². The second kappa shape index (κ2) is 7.00. The van der Waals surface area contributed by atoms with E-state index < -0.39 is 0 Å². The number of aromatic nitrogens is 1. The third-order valence-corrected chi connectivity index (χ3v) is 3.70. The summed E-state index contributed by atoms with van der Waals surface area (Å²) >= 11 is 0. The number of pyridine rings is 1. The van der Waals surface area contributed by atoms with E-state index in [9.17, 15) is 4.79 Å². The number of carbonyl (C=O) groups is 1. The van der Waals surface area contributed by atoms with Crippen molar-refractivity contribution in [1.82, 2.24) is 4.98 Å². The average molecular weight is 322 g/mol. The molecule has 1 N–H and O–H groups in total. The molecule has 0 aliphatic heterocycles. The molecule has 3 rings (SSSR count). The summed E-state index contributed by atoms with van der Waals surface area (Å²) in [6.45, 7) is 0. The van der Waals surface area contributed by atoms with E-state index in [2.05, 4.69) is 10.3 Å². The van der Waals surface area contributed by atoms with Gasteiger partial charge in [0.15, 0.2) is 0 Å². The van der Waals surface area contributed by atoms with Crippen molar-refractivity contribution >= 4 is 28.2 Å². The molecule has 24 heavy (non-hydrogen) atoms. The first-order chi connectivity index (χ1) is 11.7. The second-order valence-electron chi connectivity index (χ2n) is 5.26. The number of methoxy groups -OCH3 is 2. The van der Waals surface area contributed by atoms with E-state index in [1.54, 1.807) is 7.11 Å². The highest BCUT2D eigenvalue weighted by Gasteiger charge is 2.11. The minimum atomic E-state index is -0.318. The summed E-state index contributed by atoms with van der Waals surface area (Å²) in [5.74, 6) is 0.425. The summed E-state index contributed by atoms with van der Waals surface area (Å²) in [5.41, 5.74) is 3.18. The Balaban J connectivity index is 2.06. The Labute approximate surface area is 140 Å². The van der Waals surface area contributed by atoms with Gasteiger partial charge in [0.05, 0.1) is 37.5 Å². The fraction of sp³-hybridized carbons (Fsp3) is 0.158. The molecule has 0 saturated carbocycles. The van der Waals surface area contributed by atoms with Crippen molar-refractivity contribution in [2.45, 2.75) is 6.42 Å². The first-order valence-electron chi connectivity index (χ1n) is 7.57. The van der Waals surface area contributed by atoms with Crippen LogP contribution in [0.1, 0.15) is 5.69 Å². The summed E-state index contributed by atoms with van der Waals surface area (Å²) in [4.78, 5) is 16.1. The van der Waals surface area contributed by atoms with Gasteiger partial charge in [0.2, 0.25) is 0 Å². The minimum absolute atomic E-state index is 0.127. The van der Waals surface area contributed by atoms with Gasteiger partial charge in [0.25, 0.3) is 0 Å². The first kappa shape index (κ1) is 15.8. The molecule has 0 fully saturated rings. The summed E-state index contributed by atoms with van der Waals surface area (Å²) in [6, 6.07) is 17.3. The largest absolute Gasteiger partial charge is 0.495 e. The van der Waals surface area contributed by atoms with Crippen LogP contribution in [0.3, 0.4) is 0 Å². The number of fused-ring (bicyclic) bond motifs is 1. The van der Waals surface area contributed by atoms with Gasteiger partial charge in [-0.3, -0.25) is 9.78 Å². The van der Waals surface area contributed by atoms with Crippen LogP contribution in [0.4, 0.5) is 11.4 Å². The van der Waals surface area contributed by atoms with E-state index in [0.717, 1.165) is 28.0 Å². The van der Waals surface area contributed by atoms with Gasteiger partial charge in [-0.25, -0.2) is 0 Å². The molecule has 2 aromatic carbocycles. The van der Waals surface area contributed by atoms with E-state index in [4.69, 9.17) is 9.47 Å². The maximum absolute atomic E-state index is 11.6. The SMILES string of the molecule is COC(=O)Cc1cc(Nc2ccccc2OC)c2ccccc2n1. The van der Waals surface area contributed by atoms with Crippen LogP contribution in [-0.4, -0.2) is 25.2 Å². The van der Waals surface area contributed by atoms with Crippen LogP contribution < -0.4 is 10.1 Å². The second-order valence-corrected chi connectivity index (χ2v) is 5.26. The third-order valence-electron chi connectivity index (χ3n) is 3.70. The van der Waals surface area contributed by atoms with Crippen LogP contribution in [-0.2, 0) is 16.0 Å². The Morgan fingerprint density at radius 1 is 1.04 bits per heavy atom. The standard InChI is InChI=1S/C19H18N2O3/c1-23-18-10-6-5-9-16(18)21-17-11-13(12-19(22)24-2)20-15-8-4-3-7-14(15)17/h3-11H,12H2,1-2H3,(H,20,21). The average Bonchev–Trinajstić information content (AvgIpc) is 2.62. The van der Waals surface area contributed by atoms with Crippen LogP contribution in [0.2, 0.25) is 0 Å². The van der Waals surface area contributed by atoms with Gasteiger partial charge in [0, 0.05) is 11.1 Å². The molecule has 5 heteroatoms. The van der Waals surface area contributed by atoms with Gasteiger partial charge in [-0.15, -0.1) is 0 Å². The Hall–Kier alpha value is -3.08. The molecular weight excluding hydrogens is 304 g/mol. The molecule has 0 unspecified atom stereocenters. The van der Waals surface area contributed by atoms with E-state index >= 15 is 0 Å². The summed E-state index contributed by atoms with van der Waals surface area (Å²) in [6.07, 6.45) is 0.127. The number of ether oxygens (including phenoxy) is 2. The molecule has 0 atom stereocenters. The molecule has 5 nitrogen and oxygen atoms in total. The van der Waals surface area contributed by atoms with Crippen LogP contribution in [0.5, 0.6) is 5.75 Å². The number of rotatable bonds is 5. The molecule has 0 aliphatic rings. The Morgan fingerprint density at radius 2 is 1.79 bits per heavy atom. The molecule has 122 valence electrons. The molecule has 0 aliphatic carbocycles. The topological polar surface area (TPSA) is 60.5 Å². The Kier molecular flexibility index (Phi) is 4.61. The van der Waals surface area contributed by atoms with Gasteiger partial charge in [-0.05, 0) is 24.3 Å². The number of nitrogens with one attached hydrogen (secondary N) is 1. The van der Waals surface area contributed by atoms with Crippen LogP contribution in [0.15, 0.2) is 54.6 Å². The van der Waals surface area contributed by atoms with E-state index in [-0.39, 0.29) is 12.4 Å². The minimum Gasteiger partial charge on any atom is -0.495 e. The molecule has 0 saturated heterocycles. The van der Waals surface area contributed by atoms with Crippen LogP contribution in [0.25, 0.3) is 10.9 Å². The summed E-state index contributed by atoms with van der Waals surface area (Å²) < 4.78 is 10.1. The van der Waals surface area contributed by atoms with Crippen LogP contribution >= 0.6 is 0 Å². The van der Waals surface area contributed by atoms with Gasteiger partial charge < -0.3 is 14.8 Å².